The lowest BCUT2D eigenvalue weighted by Crippen LogP contribution is -2.00. The zero-order valence-electron chi connectivity index (χ0n) is 7.09. The van der Waals surface area contributed by atoms with Gasteiger partial charge in [-0.25, -0.2) is 13.8 Å². The predicted molar refractivity (Wildman–Crippen MR) is 53.2 cm³/mol. The molecule has 1 aromatic heterocycles. The molecule has 74 valence electrons. The molecule has 0 N–H and O–H groups in total. The van der Waals surface area contributed by atoms with Crippen LogP contribution in [0.15, 0.2) is 6.07 Å². The third kappa shape index (κ3) is 2.09. The van der Waals surface area contributed by atoms with Crippen molar-refractivity contribution in [3.63, 3.8) is 0 Å². The van der Waals surface area contributed by atoms with E-state index in [1.54, 1.807) is 6.07 Å². The van der Waals surface area contributed by atoms with E-state index in [0.29, 0.717) is 3.70 Å². The first-order valence-electron chi connectivity index (χ1n) is 3.52. The second-order valence-corrected chi connectivity index (χ2v) is 3.43. The minimum absolute atomic E-state index is 0.00375. The number of alkyl halides is 2. The topological polar surface area (TPSA) is 45.9 Å². The van der Waals surface area contributed by atoms with Crippen molar-refractivity contribution in [2.75, 3.05) is 7.11 Å². The van der Waals surface area contributed by atoms with Crippen LogP contribution in [-0.4, -0.2) is 12.1 Å². The van der Waals surface area contributed by atoms with Gasteiger partial charge in [-0.2, -0.15) is 5.26 Å². The summed E-state index contributed by atoms with van der Waals surface area (Å²) in [6.07, 6.45) is -2.76. The average Bonchev–Trinajstić information content (AvgIpc) is 2.15. The molecule has 1 aromatic rings. The maximum atomic E-state index is 12.5. The van der Waals surface area contributed by atoms with Gasteiger partial charge in [0.15, 0.2) is 5.69 Å². The second-order valence-electron chi connectivity index (χ2n) is 2.32. The van der Waals surface area contributed by atoms with E-state index in [9.17, 15) is 8.78 Å². The number of pyridine rings is 1. The van der Waals surface area contributed by atoms with E-state index in [1.165, 1.54) is 13.2 Å². The number of ether oxygens (including phenoxy) is 1. The van der Waals surface area contributed by atoms with Crippen molar-refractivity contribution < 1.29 is 13.5 Å². The van der Waals surface area contributed by atoms with Crippen LogP contribution in [0.3, 0.4) is 0 Å². The highest BCUT2D eigenvalue weighted by Gasteiger charge is 2.20. The first-order chi connectivity index (χ1) is 6.60. The molecule has 0 aliphatic carbocycles. The smallest absolute Gasteiger partial charge is 0.270 e. The molecule has 0 saturated carbocycles. The Labute approximate surface area is 92.8 Å². The Balaban J connectivity index is 3.42. The first-order valence-corrected chi connectivity index (χ1v) is 4.60. The Kier molecular flexibility index (Phi) is 3.57. The van der Waals surface area contributed by atoms with Gasteiger partial charge in [-0.1, -0.05) is 0 Å². The van der Waals surface area contributed by atoms with Gasteiger partial charge in [-0.3, -0.25) is 0 Å². The summed E-state index contributed by atoms with van der Waals surface area (Å²) < 4.78 is 30.2. The third-order valence-electron chi connectivity index (χ3n) is 1.53. The Morgan fingerprint density at radius 3 is 2.71 bits per heavy atom. The minimum Gasteiger partial charge on any atom is -0.496 e. The SMILES string of the molecule is COc1cc(I)nc(C#N)c1C(F)F. The molecular weight excluding hydrogens is 305 g/mol. The molecule has 3 nitrogen and oxygen atoms in total. The Morgan fingerprint density at radius 1 is 1.64 bits per heavy atom. The molecular formula is C8H5F2IN2O. The number of nitrogens with zero attached hydrogens (tertiary/aromatic N) is 2. The van der Waals surface area contributed by atoms with Crippen molar-refractivity contribution in [1.82, 2.24) is 4.98 Å². The molecule has 6 heteroatoms. The standard InChI is InChI=1S/C8H5F2IN2O/c1-14-5-2-6(11)13-4(3-12)7(5)8(9)10/h2,8H,1H3. The number of nitriles is 1. The zero-order valence-corrected chi connectivity index (χ0v) is 9.25. The highest BCUT2D eigenvalue weighted by Crippen LogP contribution is 2.31. The molecule has 1 rings (SSSR count). The van der Waals surface area contributed by atoms with Gasteiger partial charge in [0.1, 0.15) is 15.5 Å². The molecule has 0 saturated heterocycles. The van der Waals surface area contributed by atoms with Crippen molar-refractivity contribution in [2.24, 2.45) is 0 Å². The fraction of sp³-hybridized carbons (Fsp3) is 0.250. The molecule has 14 heavy (non-hydrogen) atoms. The normalized spacial score (nSPS) is 10.0. The fourth-order valence-electron chi connectivity index (χ4n) is 0.967. The minimum atomic E-state index is -2.76. The molecule has 0 aliphatic rings. The van der Waals surface area contributed by atoms with E-state index in [0.717, 1.165) is 0 Å². The second kappa shape index (κ2) is 4.50. The number of hydrogen-bond donors (Lipinski definition) is 0. The highest BCUT2D eigenvalue weighted by atomic mass is 127. The summed E-state index contributed by atoms with van der Waals surface area (Å²) in [6, 6.07) is 2.98. The number of aromatic nitrogens is 1. The molecule has 0 aliphatic heterocycles. The van der Waals surface area contributed by atoms with E-state index in [-0.39, 0.29) is 11.4 Å². The van der Waals surface area contributed by atoms with Gasteiger partial charge < -0.3 is 4.74 Å². The van der Waals surface area contributed by atoms with Crippen LogP contribution in [0.5, 0.6) is 5.75 Å². The molecule has 0 radical (unpaired) electrons. The summed E-state index contributed by atoms with van der Waals surface area (Å²) in [5, 5.41) is 8.61. The van der Waals surface area contributed by atoms with E-state index >= 15 is 0 Å². The lowest BCUT2D eigenvalue weighted by molar-refractivity contribution is 0.146. The monoisotopic (exact) mass is 310 g/mol. The molecule has 0 spiro atoms. The maximum Gasteiger partial charge on any atom is 0.270 e. The van der Waals surface area contributed by atoms with Gasteiger partial charge in [0.2, 0.25) is 0 Å². The number of halogens is 3. The summed E-state index contributed by atoms with van der Waals surface area (Å²) in [6.45, 7) is 0. The first kappa shape index (κ1) is 11.1. The number of hydrogen-bond acceptors (Lipinski definition) is 3. The van der Waals surface area contributed by atoms with E-state index in [4.69, 9.17) is 10.00 Å². The lowest BCUT2D eigenvalue weighted by atomic mass is 10.2. The van der Waals surface area contributed by atoms with Gasteiger partial charge in [0.25, 0.3) is 6.43 Å². The van der Waals surface area contributed by atoms with Crippen LogP contribution in [0, 0.1) is 15.0 Å². The fourth-order valence-corrected chi connectivity index (χ4v) is 1.49. The Hall–Kier alpha value is -0.970. The van der Waals surface area contributed by atoms with Gasteiger partial charge in [0.05, 0.1) is 12.7 Å². The zero-order chi connectivity index (χ0) is 10.7. The molecule has 0 fully saturated rings. The third-order valence-corrected chi connectivity index (χ3v) is 2.09. The van der Waals surface area contributed by atoms with Crippen molar-refractivity contribution >= 4 is 22.6 Å². The summed E-state index contributed by atoms with van der Waals surface area (Å²) in [4.78, 5) is 3.69. The maximum absolute atomic E-state index is 12.5. The van der Waals surface area contributed by atoms with Crippen LogP contribution in [-0.2, 0) is 0 Å². The van der Waals surface area contributed by atoms with Crippen LogP contribution in [0.25, 0.3) is 0 Å². The van der Waals surface area contributed by atoms with Crippen LogP contribution in [0.4, 0.5) is 8.78 Å². The van der Waals surface area contributed by atoms with Gasteiger partial charge in [-0.05, 0) is 22.6 Å². The summed E-state index contributed by atoms with van der Waals surface area (Å²) >= 11 is 1.83. The van der Waals surface area contributed by atoms with Gasteiger partial charge >= 0.3 is 0 Å². The van der Waals surface area contributed by atoms with Crippen LogP contribution < -0.4 is 4.74 Å². The van der Waals surface area contributed by atoms with Crippen molar-refractivity contribution in [3.8, 4) is 11.8 Å². The highest BCUT2D eigenvalue weighted by molar-refractivity contribution is 14.1. The molecule has 0 aromatic carbocycles. The largest absolute Gasteiger partial charge is 0.496 e. The van der Waals surface area contributed by atoms with Crippen molar-refractivity contribution in [1.29, 1.82) is 5.26 Å². The van der Waals surface area contributed by atoms with E-state index < -0.39 is 12.0 Å². The average molecular weight is 310 g/mol. The molecule has 0 atom stereocenters. The number of rotatable bonds is 2. The van der Waals surface area contributed by atoms with Crippen LogP contribution in [0.2, 0.25) is 0 Å². The summed E-state index contributed by atoms with van der Waals surface area (Å²) in [7, 11) is 1.28. The van der Waals surface area contributed by atoms with E-state index in [1.807, 2.05) is 22.6 Å². The van der Waals surface area contributed by atoms with Gasteiger partial charge in [0, 0.05) is 6.07 Å². The number of methoxy groups -OCH3 is 1. The van der Waals surface area contributed by atoms with E-state index in [2.05, 4.69) is 4.98 Å². The van der Waals surface area contributed by atoms with Crippen LogP contribution in [0.1, 0.15) is 17.7 Å². The molecule has 0 bridgehead atoms. The summed E-state index contributed by atoms with van der Waals surface area (Å²) in [5.74, 6) is -0.00375. The summed E-state index contributed by atoms with van der Waals surface area (Å²) in [5.41, 5.74) is -0.737. The molecule has 0 amide bonds. The molecule has 1 heterocycles. The molecule has 0 unspecified atom stereocenters. The lowest BCUT2D eigenvalue weighted by Gasteiger charge is -2.08. The van der Waals surface area contributed by atoms with Crippen molar-refractivity contribution in [3.05, 3.63) is 21.0 Å². The predicted octanol–water partition coefficient (Wildman–Crippen LogP) is 2.50. The quantitative estimate of drug-likeness (QED) is 0.623. The van der Waals surface area contributed by atoms with Gasteiger partial charge in [-0.15, -0.1) is 0 Å². The van der Waals surface area contributed by atoms with Crippen molar-refractivity contribution in [2.45, 2.75) is 6.43 Å². The van der Waals surface area contributed by atoms with Crippen LogP contribution >= 0.6 is 22.6 Å². The Bertz CT molecular complexity index is 390. The Morgan fingerprint density at radius 2 is 2.29 bits per heavy atom.